The first-order valence-electron chi connectivity index (χ1n) is 7.71. The van der Waals surface area contributed by atoms with Crippen LogP contribution in [-0.2, 0) is 0 Å². The molecule has 3 atom stereocenters. The highest BCUT2D eigenvalue weighted by Gasteiger charge is 2.30. The molecule has 0 radical (unpaired) electrons. The van der Waals surface area contributed by atoms with Crippen molar-refractivity contribution in [1.29, 1.82) is 0 Å². The van der Waals surface area contributed by atoms with Gasteiger partial charge in [0.15, 0.2) is 0 Å². The van der Waals surface area contributed by atoms with E-state index in [1.54, 1.807) is 0 Å². The van der Waals surface area contributed by atoms with Crippen molar-refractivity contribution in [2.45, 2.75) is 38.5 Å². The third kappa shape index (κ3) is 3.40. The smallest absolute Gasteiger partial charge is 0.120 e. The fraction of sp³-hybridized carbons (Fsp3) is 0.333. The molecule has 0 aliphatic carbocycles. The summed E-state index contributed by atoms with van der Waals surface area (Å²) >= 11 is 0. The van der Waals surface area contributed by atoms with Crippen LogP contribution in [0.4, 0.5) is 5.69 Å². The molecule has 1 fully saturated rings. The molecule has 1 heterocycles. The van der Waals surface area contributed by atoms with Crippen molar-refractivity contribution in [2.75, 3.05) is 5.73 Å². The zero-order valence-corrected chi connectivity index (χ0v) is 13.0. The van der Waals surface area contributed by atoms with Gasteiger partial charge >= 0.3 is 0 Å². The van der Waals surface area contributed by atoms with Gasteiger partial charge in [0.1, 0.15) is 11.9 Å². The molecule has 1 saturated heterocycles. The Morgan fingerprint density at radius 3 is 2.73 bits per heavy atom. The van der Waals surface area contributed by atoms with Gasteiger partial charge in [-0.05, 0) is 55.7 Å². The summed E-state index contributed by atoms with van der Waals surface area (Å²) in [7, 11) is 0. The maximum absolute atomic E-state index is 6.06. The molecular weight excluding hydrogens is 274 g/mol. The SMILES string of the molecule is Cc1cccc(OC(C)C2CC(c3cccc(N)c3)NN2)c1. The standard InChI is InChI=1S/C18H23N3O/c1-12-5-3-8-16(9-12)22-13(2)17-11-18(21-20-17)14-6-4-7-15(19)10-14/h3-10,13,17-18,20-21H,11,19H2,1-2H3. The van der Waals surface area contributed by atoms with E-state index in [0.717, 1.165) is 17.9 Å². The molecule has 4 heteroatoms. The number of hydrogen-bond acceptors (Lipinski definition) is 4. The molecule has 0 saturated carbocycles. The number of hydrogen-bond donors (Lipinski definition) is 3. The first-order chi connectivity index (χ1) is 10.6. The molecule has 2 aromatic rings. The van der Waals surface area contributed by atoms with Crippen LogP contribution in [0, 0.1) is 6.92 Å². The molecule has 3 unspecified atom stereocenters. The number of anilines is 1. The number of hydrazine groups is 1. The van der Waals surface area contributed by atoms with Crippen LogP contribution in [0.25, 0.3) is 0 Å². The van der Waals surface area contributed by atoms with E-state index in [1.807, 2.05) is 30.3 Å². The van der Waals surface area contributed by atoms with E-state index in [0.29, 0.717) is 0 Å². The third-order valence-electron chi connectivity index (χ3n) is 4.12. The number of nitrogen functional groups attached to an aromatic ring is 1. The number of aryl methyl sites for hydroxylation is 1. The van der Waals surface area contributed by atoms with Crippen LogP contribution in [-0.4, -0.2) is 12.1 Å². The molecule has 4 nitrogen and oxygen atoms in total. The van der Waals surface area contributed by atoms with Crippen molar-refractivity contribution >= 4 is 5.69 Å². The van der Waals surface area contributed by atoms with Crippen molar-refractivity contribution in [3.05, 3.63) is 59.7 Å². The lowest BCUT2D eigenvalue weighted by Gasteiger charge is -2.20. The van der Waals surface area contributed by atoms with Crippen molar-refractivity contribution in [3.63, 3.8) is 0 Å². The summed E-state index contributed by atoms with van der Waals surface area (Å²) in [6.07, 6.45) is 1.05. The largest absolute Gasteiger partial charge is 0.489 e. The quantitative estimate of drug-likeness (QED) is 0.759. The van der Waals surface area contributed by atoms with Gasteiger partial charge in [-0.2, -0.15) is 0 Å². The minimum Gasteiger partial charge on any atom is -0.489 e. The van der Waals surface area contributed by atoms with Crippen molar-refractivity contribution in [1.82, 2.24) is 10.9 Å². The van der Waals surface area contributed by atoms with Gasteiger partial charge in [-0.15, -0.1) is 0 Å². The van der Waals surface area contributed by atoms with E-state index >= 15 is 0 Å². The molecule has 4 N–H and O–H groups in total. The second-order valence-corrected chi connectivity index (χ2v) is 5.99. The van der Waals surface area contributed by atoms with Crippen LogP contribution in [0.15, 0.2) is 48.5 Å². The second kappa shape index (κ2) is 6.38. The van der Waals surface area contributed by atoms with Crippen molar-refractivity contribution < 1.29 is 4.74 Å². The summed E-state index contributed by atoms with van der Waals surface area (Å²) in [5, 5.41) is 0. The van der Waals surface area contributed by atoms with Crippen LogP contribution < -0.4 is 21.3 Å². The minimum atomic E-state index is 0.0837. The Morgan fingerprint density at radius 1 is 1.14 bits per heavy atom. The number of nitrogens with two attached hydrogens (primary N) is 1. The van der Waals surface area contributed by atoms with Gasteiger partial charge in [0.05, 0.1) is 6.04 Å². The summed E-state index contributed by atoms with van der Waals surface area (Å²) < 4.78 is 6.06. The summed E-state index contributed by atoms with van der Waals surface area (Å²) in [5.41, 5.74) is 15.8. The Balaban J connectivity index is 1.62. The second-order valence-electron chi connectivity index (χ2n) is 5.99. The molecule has 1 aliphatic rings. The molecule has 0 spiro atoms. The highest BCUT2D eigenvalue weighted by atomic mass is 16.5. The Bertz CT molecular complexity index is 644. The molecule has 1 aliphatic heterocycles. The third-order valence-corrected chi connectivity index (χ3v) is 4.12. The Morgan fingerprint density at radius 2 is 1.95 bits per heavy atom. The van der Waals surface area contributed by atoms with Crippen LogP contribution in [0.3, 0.4) is 0 Å². The molecule has 0 aromatic heterocycles. The average molecular weight is 297 g/mol. The topological polar surface area (TPSA) is 59.3 Å². The molecule has 116 valence electrons. The molecule has 0 amide bonds. The first-order valence-corrected chi connectivity index (χ1v) is 7.71. The lowest BCUT2D eigenvalue weighted by molar-refractivity contribution is 0.176. The molecule has 0 bridgehead atoms. The zero-order chi connectivity index (χ0) is 15.5. The fourth-order valence-electron chi connectivity index (χ4n) is 2.87. The van der Waals surface area contributed by atoms with E-state index in [4.69, 9.17) is 10.5 Å². The summed E-state index contributed by atoms with van der Waals surface area (Å²) in [5.74, 6) is 0.918. The van der Waals surface area contributed by atoms with Gasteiger partial charge in [0.2, 0.25) is 0 Å². The van der Waals surface area contributed by atoms with E-state index < -0.39 is 0 Å². The van der Waals surface area contributed by atoms with Crippen LogP contribution >= 0.6 is 0 Å². The van der Waals surface area contributed by atoms with Gasteiger partial charge in [-0.25, -0.2) is 5.43 Å². The van der Waals surface area contributed by atoms with Crippen LogP contribution in [0.2, 0.25) is 0 Å². The maximum atomic E-state index is 6.06. The molecule has 2 aromatic carbocycles. The highest BCUT2D eigenvalue weighted by molar-refractivity contribution is 5.42. The van der Waals surface area contributed by atoms with E-state index in [1.165, 1.54) is 11.1 Å². The average Bonchev–Trinajstić information content (AvgIpc) is 2.97. The van der Waals surface area contributed by atoms with E-state index in [2.05, 4.69) is 42.9 Å². The summed E-state index contributed by atoms with van der Waals surface area (Å²) in [6, 6.07) is 16.7. The van der Waals surface area contributed by atoms with E-state index in [-0.39, 0.29) is 18.2 Å². The number of benzene rings is 2. The normalized spacial score (nSPS) is 22.5. The van der Waals surface area contributed by atoms with Gasteiger partial charge < -0.3 is 10.5 Å². The summed E-state index contributed by atoms with van der Waals surface area (Å²) in [6.45, 7) is 4.17. The van der Waals surface area contributed by atoms with Crippen LogP contribution in [0.5, 0.6) is 5.75 Å². The lowest BCUT2D eigenvalue weighted by Crippen LogP contribution is -2.40. The van der Waals surface area contributed by atoms with Gasteiger partial charge in [0.25, 0.3) is 0 Å². The van der Waals surface area contributed by atoms with Gasteiger partial charge in [-0.3, -0.25) is 5.43 Å². The zero-order valence-electron chi connectivity index (χ0n) is 13.0. The number of ether oxygens (including phenoxy) is 1. The number of nitrogens with one attached hydrogen (secondary N) is 2. The Hall–Kier alpha value is -2.04. The van der Waals surface area contributed by atoms with Crippen molar-refractivity contribution in [2.24, 2.45) is 0 Å². The van der Waals surface area contributed by atoms with E-state index in [9.17, 15) is 0 Å². The summed E-state index contributed by atoms with van der Waals surface area (Å²) in [4.78, 5) is 0. The maximum Gasteiger partial charge on any atom is 0.120 e. The highest BCUT2D eigenvalue weighted by Crippen LogP contribution is 2.26. The van der Waals surface area contributed by atoms with Crippen LogP contribution in [0.1, 0.15) is 30.5 Å². The Kier molecular flexibility index (Phi) is 4.32. The number of rotatable bonds is 4. The fourth-order valence-corrected chi connectivity index (χ4v) is 2.87. The molecule has 3 rings (SSSR count). The monoisotopic (exact) mass is 297 g/mol. The minimum absolute atomic E-state index is 0.0837. The van der Waals surface area contributed by atoms with Gasteiger partial charge in [0, 0.05) is 11.7 Å². The van der Waals surface area contributed by atoms with Crippen molar-refractivity contribution in [3.8, 4) is 5.75 Å². The first kappa shape index (κ1) is 14.9. The lowest BCUT2D eigenvalue weighted by atomic mass is 9.99. The predicted octanol–water partition coefficient (Wildman–Crippen LogP) is 2.95. The van der Waals surface area contributed by atoms with Gasteiger partial charge in [-0.1, -0.05) is 24.3 Å². The predicted molar refractivity (Wildman–Crippen MR) is 89.5 cm³/mol. The molecule has 22 heavy (non-hydrogen) atoms. The molecular formula is C18H23N3O. The Labute approximate surface area is 131 Å².